The molecule has 1 heterocycles. The fraction of sp³-hybridized carbons (Fsp3) is 0.176. The van der Waals surface area contributed by atoms with Gasteiger partial charge in [-0.05, 0) is 118 Å². The average Bonchev–Trinajstić information content (AvgIpc) is 3.55. The fourth-order valence-corrected chi connectivity index (χ4v) is 7.50. The third-order valence-electron chi connectivity index (χ3n) is 10.4. The van der Waals surface area contributed by atoms with Crippen LogP contribution in [0.15, 0.2) is 174 Å². The summed E-state index contributed by atoms with van der Waals surface area (Å²) in [5.41, 5.74) is 13.6. The van der Waals surface area contributed by atoms with E-state index in [2.05, 4.69) is 215 Å². The summed E-state index contributed by atoms with van der Waals surface area (Å²) < 4.78 is 6.34. The number of para-hydroxylation sites is 3. The second-order valence-corrected chi connectivity index (χ2v) is 16.4. The van der Waals surface area contributed by atoms with Gasteiger partial charge >= 0.3 is 0 Å². The molecular formula is C51H48N2O. The van der Waals surface area contributed by atoms with Crippen LogP contribution < -0.4 is 9.80 Å². The molecule has 0 fully saturated rings. The van der Waals surface area contributed by atoms with Crippen molar-refractivity contribution in [2.75, 3.05) is 9.80 Å². The Labute approximate surface area is 320 Å². The summed E-state index contributed by atoms with van der Waals surface area (Å²) in [5.74, 6) is 0. The van der Waals surface area contributed by atoms with E-state index in [4.69, 9.17) is 4.42 Å². The highest BCUT2D eigenvalue weighted by Gasteiger charge is 2.22. The highest BCUT2D eigenvalue weighted by molar-refractivity contribution is 6.06. The third-order valence-corrected chi connectivity index (χ3v) is 10.4. The van der Waals surface area contributed by atoms with Crippen molar-refractivity contribution in [3.8, 4) is 0 Å². The maximum Gasteiger partial charge on any atom is 0.135 e. The van der Waals surface area contributed by atoms with Crippen molar-refractivity contribution < 1.29 is 4.42 Å². The molecule has 268 valence electrons. The van der Waals surface area contributed by atoms with Gasteiger partial charge in [0.05, 0.1) is 0 Å². The lowest BCUT2D eigenvalue weighted by Crippen LogP contribution is -2.16. The van der Waals surface area contributed by atoms with Gasteiger partial charge in [0, 0.05) is 44.9 Å². The molecule has 0 saturated carbocycles. The van der Waals surface area contributed by atoms with E-state index in [0.717, 1.165) is 57.1 Å². The van der Waals surface area contributed by atoms with Gasteiger partial charge in [-0.15, -0.1) is 0 Å². The van der Waals surface area contributed by atoms with E-state index >= 15 is 0 Å². The maximum atomic E-state index is 6.34. The van der Waals surface area contributed by atoms with Crippen molar-refractivity contribution in [1.29, 1.82) is 0 Å². The molecule has 54 heavy (non-hydrogen) atoms. The molecule has 0 bridgehead atoms. The van der Waals surface area contributed by atoms with Crippen LogP contribution in [0, 0.1) is 0 Å². The van der Waals surface area contributed by atoms with Crippen molar-refractivity contribution in [3.63, 3.8) is 0 Å². The van der Waals surface area contributed by atoms with Crippen LogP contribution in [0.2, 0.25) is 0 Å². The molecule has 7 aromatic carbocycles. The van der Waals surface area contributed by atoms with Crippen LogP contribution in [0.3, 0.4) is 0 Å². The Hall–Kier alpha value is -6.06. The summed E-state index contributed by atoms with van der Waals surface area (Å²) >= 11 is 0. The van der Waals surface area contributed by atoms with E-state index in [1.165, 1.54) is 27.6 Å². The van der Waals surface area contributed by atoms with Gasteiger partial charge in [-0.25, -0.2) is 0 Å². The normalized spacial score (nSPS) is 12.0. The SMILES string of the molecule is CC(C)(C)c1ccc(N(c2ccc(C(C)(C)C)cc2)c2cc(Cc3cccc4oc5ccccc5c34)cc(N(c3ccccc3)c3ccccc3)c2)cc1. The molecule has 0 aliphatic carbocycles. The van der Waals surface area contributed by atoms with E-state index in [0.29, 0.717) is 0 Å². The van der Waals surface area contributed by atoms with Crippen LogP contribution in [0.1, 0.15) is 63.8 Å². The van der Waals surface area contributed by atoms with Crippen LogP contribution in [0.5, 0.6) is 0 Å². The van der Waals surface area contributed by atoms with Crippen LogP contribution in [-0.2, 0) is 17.3 Å². The molecule has 0 saturated heterocycles. The lowest BCUT2D eigenvalue weighted by Gasteiger charge is -2.31. The Kier molecular flexibility index (Phi) is 9.11. The molecule has 0 unspecified atom stereocenters. The zero-order valence-corrected chi connectivity index (χ0v) is 32.2. The minimum absolute atomic E-state index is 0.0505. The van der Waals surface area contributed by atoms with Gasteiger partial charge in [0.15, 0.2) is 0 Å². The minimum Gasteiger partial charge on any atom is -0.456 e. The molecule has 0 aliphatic rings. The lowest BCUT2D eigenvalue weighted by molar-refractivity contribution is 0.590. The number of benzene rings is 7. The molecule has 8 aromatic rings. The summed E-state index contributed by atoms with van der Waals surface area (Å²) in [6.07, 6.45) is 0.735. The molecule has 8 rings (SSSR count). The summed E-state index contributed by atoms with van der Waals surface area (Å²) in [5, 5.41) is 2.32. The quantitative estimate of drug-likeness (QED) is 0.157. The Morgan fingerprint density at radius 1 is 0.407 bits per heavy atom. The smallest absolute Gasteiger partial charge is 0.135 e. The van der Waals surface area contributed by atoms with Crippen molar-refractivity contribution in [1.82, 2.24) is 0 Å². The maximum absolute atomic E-state index is 6.34. The second-order valence-electron chi connectivity index (χ2n) is 16.4. The molecule has 0 atom stereocenters. The van der Waals surface area contributed by atoms with Crippen molar-refractivity contribution in [2.24, 2.45) is 0 Å². The molecule has 3 nitrogen and oxygen atoms in total. The molecule has 0 aliphatic heterocycles. The Bertz CT molecular complexity index is 2420. The molecule has 0 spiro atoms. The Morgan fingerprint density at radius 2 is 0.852 bits per heavy atom. The third kappa shape index (κ3) is 7.02. The van der Waals surface area contributed by atoms with Crippen LogP contribution in [-0.4, -0.2) is 0 Å². The van der Waals surface area contributed by atoms with Gasteiger partial charge in [0.2, 0.25) is 0 Å². The standard InChI is InChI=1S/C51H48N2O/c1-50(2,3)38-24-28-42(29-25-38)53(43-30-26-39(27-31-43)51(4,5)6)45-34-36(32-37-16-15-23-48-49(37)46-21-13-14-22-47(46)54-48)33-44(35-45)52(40-17-9-7-10-18-40)41-19-11-8-12-20-41/h7-31,33-35H,32H2,1-6H3. The molecule has 3 heteroatoms. The van der Waals surface area contributed by atoms with Gasteiger partial charge in [0.25, 0.3) is 0 Å². The number of fused-ring (bicyclic) bond motifs is 3. The largest absolute Gasteiger partial charge is 0.456 e. The van der Waals surface area contributed by atoms with Crippen LogP contribution in [0.4, 0.5) is 34.1 Å². The monoisotopic (exact) mass is 704 g/mol. The predicted octanol–water partition coefficient (Wildman–Crippen LogP) is 14.7. The highest BCUT2D eigenvalue weighted by Crippen LogP contribution is 2.43. The van der Waals surface area contributed by atoms with Crippen molar-refractivity contribution >= 4 is 56.1 Å². The van der Waals surface area contributed by atoms with Gasteiger partial charge in [-0.3, -0.25) is 0 Å². The van der Waals surface area contributed by atoms with Crippen molar-refractivity contribution in [2.45, 2.75) is 58.8 Å². The first-order chi connectivity index (χ1) is 26.0. The fourth-order valence-electron chi connectivity index (χ4n) is 7.50. The highest BCUT2D eigenvalue weighted by atomic mass is 16.3. The van der Waals surface area contributed by atoms with Gasteiger partial charge in [-0.2, -0.15) is 0 Å². The zero-order valence-electron chi connectivity index (χ0n) is 32.2. The number of furan rings is 1. The lowest BCUT2D eigenvalue weighted by atomic mass is 9.86. The van der Waals surface area contributed by atoms with Crippen LogP contribution >= 0.6 is 0 Å². The van der Waals surface area contributed by atoms with Crippen molar-refractivity contribution in [3.05, 3.63) is 192 Å². The minimum atomic E-state index is 0.0505. The molecule has 0 N–H and O–H groups in total. The van der Waals surface area contributed by atoms with E-state index in [1.807, 2.05) is 6.07 Å². The molecule has 0 amide bonds. The van der Waals surface area contributed by atoms with Gasteiger partial charge < -0.3 is 14.2 Å². The number of anilines is 6. The number of nitrogens with zero attached hydrogens (tertiary/aromatic N) is 2. The van der Waals surface area contributed by atoms with E-state index in [9.17, 15) is 0 Å². The Morgan fingerprint density at radius 3 is 1.35 bits per heavy atom. The van der Waals surface area contributed by atoms with Crippen LogP contribution in [0.25, 0.3) is 21.9 Å². The molecular weight excluding hydrogens is 657 g/mol. The van der Waals surface area contributed by atoms with Gasteiger partial charge in [0.1, 0.15) is 11.2 Å². The summed E-state index contributed by atoms with van der Waals surface area (Å²) in [6.45, 7) is 13.6. The predicted molar refractivity (Wildman–Crippen MR) is 230 cm³/mol. The number of rotatable bonds is 8. The van der Waals surface area contributed by atoms with E-state index in [-0.39, 0.29) is 10.8 Å². The first-order valence-corrected chi connectivity index (χ1v) is 19.0. The first kappa shape index (κ1) is 35.0. The Balaban J connectivity index is 1.36. The zero-order chi connectivity index (χ0) is 37.5. The number of hydrogen-bond acceptors (Lipinski definition) is 3. The summed E-state index contributed by atoms with van der Waals surface area (Å²) in [4.78, 5) is 4.78. The number of hydrogen-bond donors (Lipinski definition) is 0. The first-order valence-electron chi connectivity index (χ1n) is 19.0. The average molecular weight is 705 g/mol. The summed E-state index contributed by atoms with van der Waals surface area (Å²) in [6, 6.07) is 61.4. The van der Waals surface area contributed by atoms with Gasteiger partial charge in [-0.1, -0.05) is 133 Å². The molecule has 1 aromatic heterocycles. The topological polar surface area (TPSA) is 19.6 Å². The molecule has 0 radical (unpaired) electrons. The van der Waals surface area contributed by atoms with E-state index < -0.39 is 0 Å². The van der Waals surface area contributed by atoms with E-state index in [1.54, 1.807) is 0 Å². The second kappa shape index (κ2) is 14.1. The summed E-state index contributed by atoms with van der Waals surface area (Å²) in [7, 11) is 0.